The molecule has 3 aliphatic heterocycles. The van der Waals surface area contributed by atoms with E-state index in [1.807, 2.05) is 41.5 Å². The second-order valence-corrected chi connectivity index (χ2v) is 23.8. The van der Waals surface area contributed by atoms with Crippen LogP contribution in [0.15, 0.2) is 51.4 Å². The summed E-state index contributed by atoms with van der Waals surface area (Å²) in [7, 11) is -14.0. The number of nitrogens with zero attached hydrogens (tertiary/aromatic N) is 7. The molecular formula is C45H57N11O12S3. The summed E-state index contributed by atoms with van der Waals surface area (Å²) in [5.74, 6) is -4.17. The third-order valence-corrected chi connectivity index (χ3v) is 15.1. The lowest BCUT2D eigenvalue weighted by atomic mass is 9.79. The Morgan fingerprint density at radius 1 is 1.00 bits per heavy atom. The van der Waals surface area contributed by atoms with Crippen molar-refractivity contribution in [1.82, 2.24) is 30.5 Å². The smallest absolute Gasteiger partial charge is 0.304 e. The highest BCUT2D eigenvalue weighted by Crippen LogP contribution is 2.51. The maximum atomic E-state index is 14.8. The molecule has 2 unspecified atom stereocenters. The van der Waals surface area contributed by atoms with Gasteiger partial charge in [-0.15, -0.1) is 5.10 Å². The number of benzene rings is 3. The zero-order chi connectivity index (χ0) is 52.0. The first kappa shape index (κ1) is 52.8. The van der Waals surface area contributed by atoms with E-state index in [9.17, 15) is 48.5 Å². The molecule has 0 saturated carbocycles. The Kier molecular flexibility index (Phi) is 14.8. The number of carbonyl (C=O) groups is 2. The Hall–Kier alpha value is -5.99. The van der Waals surface area contributed by atoms with Gasteiger partial charge in [0.25, 0.3) is 21.9 Å². The molecular weight excluding hydrogens is 983 g/mol. The van der Waals surface area contributed by atoms with Gasteiger partial charge in [0, 0.05) is 95.9 Å². The predicted octanol–water partition coefficient (Wildman–Crippen LogP) is 2.04. The molecule has 23 nitrogen and oxygen atoms in total. The number of aryl methyl sites for hydroxylation is 1. The van der Waals surface area contributed by atoms with Crippen LogP contribution in [0.4, 0.5) is 5.69 Å². The largest absolute Gasteiger partial charge is 0.744 e. The normalized spacial score (nSPS) is 17.7. The minimum Gasteiger partial charge on any atom is -0.744 e. The molecule has 2 amide bonds. The molecule has 7 rings (SSSR count). The van der Waals surface area contributed by atoms with Gasteiger partial charge in [0.05, 0.1) is 17.1 Å². The molecule has 382 valence electrons. The molecule has 71 heavy (non-hydrogen) atoms. The van der Waals surface area contributed by atoms with Crippen molar-refractivity contribution in [3.63, 3.8) is 0 Å². The Morgan fingerprint density at radius 3 is 2.39 bits per heavy atom. The second kappa shape index (κ2) is 19.9. The van der Waals surface area contributed by atoms with Gasteiger partial charge in [-0.25, -0.2) is 13.4 Å². The van der Waals surface area contributed by atoms with Gasteiger partial charge in [0.15, 0.2) is 17.0 Å². The fourth-order valence-electron chi connectivity index (χ4n) is 9.73. The minimum atomic E-state index is -5.49. The number of hydrogen-bond acceptors (Lipinski definition) is 15. The molecule has 0 spiro atoms. The molecule has 3 aromatic carbocycles. The van der Waals surface area contributed by atoms with E-state index in [1.165, 1.54) is 25.2 Å². The van der Waals surface area contributed by atoms with E-state index in [2.05, 4.69) is 41.3 Å². The quantitative estimate of drug-likeness (QED) is 0.0240. The first-order valence-corrected chi connectivity index (χ1v) is 27.3. The van der Waals surface area contributed by atoms with Crippen molar-refractivity contribution in [2.24, 2.45) is 5.11 Å². The van der Waals surface area contributed by atoms with Crippen LogP contribution in [0.2, 0.25) is 0 Å². The Bertz CT molecular complexity index is 3350. The number of rotatable bonds is 18. The fraction of sp³-hybridized carbons (Fsp3) is 0.489. The molecule has 3 aliphatic rings. The molecule has 0 radical (unpaired) electrons. The number of fused-ring (bicyclic) bond motifs is 4. The van der Waals surface area contributed by atoms with Crippen molar-refractivity contribution >= 4 is 53.4 Å². The van der Waals surface area contributed by atoms with Gasteiger partial charge in [-0.05, 0) is 106 Å². The van der Waals surface area contributed by atoms with E-state index in [0.29, 0.717) is 68.7 Å². The van der Waals surface area contributed by atoms with E-state index in [-0.39, 0.29) is 62.5 Å². The number of ether oxygens (including phenoxy) is 1. The van der Waals surface area contributed by atoms with E-state index in [0.717, 1.165) is 4.90 Å². The van der Waals surface area contributed by atoms with Crippen LogP contribution in [-0.4, -0.2) is 121 Å². The zero-order valence-corrected chi connectivity index (χ0v) is 42.7. The SMILES string of the molecule is CC1CC(C)(C)Nc2c1cc1c(c2S(=O)(=O)[O-])Oc2c(S(=O)(=O)O)c3c(cc2=C1c1ccc(C(=O)NCCCn2cc(CNCCCN=[N+]=[N-])nn2)cc1C(=O)N(C)CCS(=O)(=O)O)C(C)CC(C)(C)[NH+]=3. The topological polar surface area (TPSA) is 342 Å². The van der Waals surface area contributed by atoms with Crippen LogP contribution in [0.1, 0.15) is 128 Å². The van der Waals surface area contributed by atoms with Gasteiger partial charge in [-0.3, -0.25) is 23.4 Å². The minimum absolute atomic E-state index is 0.00441. The summed E-state index contributed by atoms with van der Waals surface area (Å²) in [5.41, 5.74) is 8.13. The number of anilines is 1. The summed E-state index contributed by atoms with van der Waals surface area (Å²) >= 11 is 0. The monoisotopic (exact) mass is 1040 g/mol. The Morgan fingerprint density at radius 2 is 1.72 bits per heavy atom. The highest BCUT2D eigenvalue weighted by atomic mass is 32.2. The number of aromatic nitrogens is 3. The molecule has 0 aliphatic carbocycles. The number of carbonyl (C=O) groups excluding carboxylic acids is 2. The van der Waals surface area contributed by atoms with Crippen molar-refractivity contribution < 1.29 is 58.2 Å². The van der Waals surface area contributed by atoms with E-state index in [1.54, 1.807) is 23.0 Å². The van der Waals surface area contributed by atoms with Crippen LogP contribution in [0.5, 0.6) is 11.5 Å². The van der Waals surface area contributed by atoms with Crippen molar-refractivity contribution in [2.45, 2.75) is 113 Å². The number of amides is 2. The zero-order valence-electron chi connectivity index (χ0n) is 40.2. The molecule has 0 fully saturated rings. The molecule has 1 aromatic heterocycles. The first-order chi connectivity index (χ1) is 33.1. The van der Waals surface area contributed by atoms with Crippen LogP contribution in [-0.2, 0) is 43.4 Å². The van der Waals surface area contributed by atoms with Gasteiger partial charge < -0.3 is 30.1 Å². The summed E-state index contributed by atoms with van der Waals surface area (Å²) in [6.45, 7) is 12.4. The molecule has 6 N–H and O–H groups in total. The number of hydrogen-bond donors (Lipinski definition) is 6. The Balaban J connectivity index is 1.40. The average Bonchev–Trinajstić information content (AvgIpc) is 3.71. The van der Waals surface area contributed by atoms with Gasteiger partial charge in [0.1, 0.15) is 15.0 Å². The van der Waals surface area contributed by atoms with Crippen LogP contribution < -0.4 is 36.3 Å². The maximum absolute atomic E-state index is 14.8. The molecule has 4 heterocycles. The van der Waals surface area contributed by atoms with Gasteiger partial charge >= 0.3 is 10.1 Å². The van der Waals surface area contributed by atoms with Crippen molar-refractivity contribution in [1.29, 1.82) is 0 Å². The van der Waals surface area contributed by atoms with Crippen molar-refractivity contribution in [2.75, 3.05) is 44.3 Å². The summed E-state index contributed by atoms with van der Waals surface area (Å²) in [5, 5.41) is 20.9. The number of azide groups is 1. The summed E-state index contributed by atoms with van der Waals surface area (Å²) in [6.07, 6.45) is 3.78. The molecule has 2 atom stereocenters. The van der Waals surface area contributed by atoms with Crippen LogP contribution in [0, 0.1) is 0 Å². The highest BCUT2D eigenvalue weighted by molar-refractivity contribution is 7.86. The second-order valence-electron chi connectivity index (χ2n) is 19.6. The molecule has 26 heteroatoms. The van der Waals surface area contributed by atoms with Gasteiger partial charge in [-0.1, -0.05) is 30.2 Å². The lowest BCUT2D eigenvalue weighted by molar-refractivity contribution is -0.590. The third kappa shape index (κ3) is 11.7. The molecule has 4 aromatic rings. The van der Waals surface area contributed by atoms with Crippen molar-refractivity contribution in [3.05, 3.63) is 96.6 Å². The highest BCUT2D eigenvalue weighted by Gasteiger charge is 2.43. The third-order valence-electron chi connectivity index (χ3n) is 12.6. The predicted molar refractivity (Wildman–Crippen MR) is 257 cm³/mol. The lowest BCUT2D eigenvalue weighted by Gasteiger charge is -2.40. The number of nitrogens with one attached hydrogen (secondary N) is 4. The van der Waals surface area contributed by atoms with Gasteiger partial charge in [-0.2, -0.15) is 16.8 Å². The Labute approximate surface area is 411 Å². The fourth-order valence-corrected chi connectivity index (χ4v) is 11.8. The first-order valence-electron chi connectivity index (χ1n) is 22.8. The maximum Gasteiger partial charge on any atom is 0.304 e. The standard InChI is InChI=1S/C45H57N11O12S3/c1-25-21-44(3,4)50-36-30(25)19-33-35(34-20-31-26(2)22-45(5,6)51-37(31)41(71(65,66)67)39(34)68-38(33)40(36)70(62,63)64)29-11-10-27(18-32(29)43(58)55(7)16-17-69(59,60)61)42(57)48-13-9-15-56-24-28(52-54-56)23-47-12-8-14-49-53-46/h10-11,18-20,24-26,47,50H,8-9,12-17,21-23H2,1-7H3,(H,48,57)(H,59,60,61)(H,62,63,64)(H,65,66,67). The summed E-state index contributed by atoms with van der Waals surface area (Å²) in [4.78, 5) is 34.0. The summed E-state index contributed by atoms with van der Waals surface area (Å²) < 4.78 is 121. The van der Waals surface area contributed by atoms with Crippen molar-refractivity contribution in [3.8, 4) is 11.5 Å². The van der Waals surface area contributed by atoms with Crippen LogP contribution in [0.3, 0.4) is 0 Å². The van der Waals surface area contributed by atoms with E-state index in [4.69, 9.17) is 10.3 Å². The molecule has 0 bridgehead atoms. The average molecular weight is 1040 g/mol. The van der Waals surface area contributed by atoms with E-state index >= 15 is 0 Å². The summed E-state index contributed by atoms with van der Waals surface area (Å²) in [6, 6.07) is 7.30. The molecule has 0 saturated heterocycles. The lowest BCUT2D eigenvalue weighted by Crippen LogP contribution is -2.91. The van der Waals surface area contributed by atoms with Crippen LogP contribution >= 0.6 is 0 Å². The van der Waals surface area contributed by atoms with Crippen LogP contribution in [0.25, 0.3) is 16.0 Å². The van der Waals surface area contributed by atoms with E-state index < -0.39 is 86.8 Å². The van der Waals surface area contributed by atoms with Gasteiger partial charge in [0.2, 0.25) is 10.3 Å².